The number of halogens is 1. The van der Waals surface area contributed by atoms with Crippen molar-refractivity contribution in [3.63, 3.8) is 0 Å². The van der Waals surface area contributed by atoms with Crippen molar-refractivity contribution < 1.29 is 9.72 Å². The highest BCUT2D eigenvalue weighted by molar-refractivity contribution is 6.68. The minimum absolute atomic E-state index is 0.0118. The molecular weight excluding hydrogens is 220 g/mol. The molecule has 0 saturated carbocycles. The Labute approximate surface area is 90.0 Å². The van der Waals surface area contributed by atoms with E-state index in [1.165, 1.54) is 13.0 Å². The van der Waals surface area contributed by atoms with Crippen LogP contribution in [-0.2, 0) is 0 Å². The van der Waals surface area contributed by atoms with E-state index in [0.29, 0.717) is 0 Å². The SMILES string of the molecule is Cc1c([N+](=O)[O-])ccc(C(=O)Cl)c1C#N. The summed E-state index contributed by atoms with van der Waals surface area (Å²) in [4.78, 5) is 20.8. The van der Waals surface area contributed by atoms with Gasteiger partial charge in [-0.3, -0.25) is 14.9 Å². The number of hydrogen-bond donors (Lipinski definition) is 0. The molecule has 1 rings (SSSR count). The van der Waals surface area contributed by atoms with E-state index in [2.05, 4.69) is 0 Å². The maximum absolute atomic E-state index is 10.9. The van der Waals surface area contributed by atoms with Crippen molar-refractivity contribution in [1.82, 2.24) is 0 Å². The molecular formula is C9H5ClN2O3. The van der Waals surface area contributed by atoms with Crippen molar-refractivity contribution in [2.75, 3.05) is 0 Å². The lowest BCUT2D eigenvalue weighted by Gasteiger charge is -2.02. The largest absolute Gasteiger partial charge is 0.276 e. The van der Waals surface area contributed by atoms with Gasteiger partial charge in [0.2, 0.25) is 0 Å². The maximum Gasteiger partial charge on any atom is 0.273 e. The second-order valence-corrected chi connectivity index (χ2v) is 3.12. The zero-order valence-corrected chi connectivity index (χ0v) is 8.41. The van der Waals surface area contributed by atoms with Crippen LogP contribution in [0.5, 0.6) is 0 Å². The quantitative estimate of drug-likeness (QED) is 0.438. The van der Waals surface area contributed by atoms with Crippen LogP contribution in [0.2, 0.25) is 0 Å². The van der Waals surface area contributed by atoms with Crippen molar-refractivity contribution in [3.05, 3.63) is 38.9 Å². The summed E-state index contributed by atoms with van der Waals surface area (Å²) in [5.41, 5.74) is -0.117. The minimum atomic E-state index is -0.801. The average molecular weight is 225 g/mol. The molecule has 0 radical (unpaired) electrons. The van der Waals surface area contributed by atoms with Gasteiger partial charge >= 0.3 is 0 Å². The molecule has 0 aliphatic rings. The molecule has 0 spiro atoms. The Hall–Kier alpha value is -1.93. The Kier molecular flexibility index (Phi) is 3.02. The van der Waals surface area contributed by atoms with Crippen LogP contribution in [0.15, 0.2) is 12.1 Å². The molecule has 0 fully saturated rings. The number of carbonyl (C=O) groups is 1. The first-order valence-electron chi connectivity index (χ1n) is 3.87. The predicted molar refractivity (Wildman–Crippen MR) is 52.7 cm³/mol. The Bertz CT molecular complexity index is 491. The van der Waals surface area contributed by atoms with E-state index in [1.807, 2.05) is 0 Å². The Morgan fingerprint density at radius 2 is 2.20 bits per heavy atom. The molecule has 0 amide bonds. The number of rotatable bonds is 2. The number of benzene rings is 1. The monoisotopic (exact) mass is 224 g/mol. The Morgan fingerprint density at radius 3 is 2.60 bits per heavy atom. The van der Waals surface area contributed by atoms with E-state index >= 15 is 0 Å². The van der Waals surface area contributed by atoms with Crippen molar-refractivity contribution in [2.45, 2.75) is 6.92 Å². The maximum atomic E-state index is 10.9. The normalized spacial score (nSPS) is 9.40. The fourth-order valence-electron chi connectivity index (χ4n) is 1.21. The van der Waals surface area contributed by atoms with E-state index in [9.17, 15) is 14.9 Å². The van der Waals surface area contributed by atoms with Crippen LogP contribution in [0.25, 0.3) is 0 Å². The highest BCUT2D eigenvalue weighted by atomic mass is 35.5. The van der Waals surface area contributed by atoms with Gasteiger partial charge in [-0.1, -0.05) is 0 Å². The van der Waals surface area contributed by atoms with E-state index in [4.69, 9.17) is 16.9 Å². The Morgan fingerprint density at radius 1 is 1.60 bits per heavy atom. The van der Waals surface area contributed by atoms with Crippen LogP contribution in [-0.4, -0.2) is 10.2 Å². The third-order valence-electron chi connectivity index (χ3n) is 1.96. The first-order valence-corrected chi connectivity index (χ1v) is 4.24. The molecule has 0 saturated heterocycles. The lowest BCUT2D eigenvalue weighted by Crippen LogP contribution is -2.00. The van der Waals surface area contributed by atoms with Gasteiger partial charge < -0.3 is 0 Å². The number of carbonyl (C=O) groups excluding carboxylic acids is 1. The Balaban J connectivity index is 3.55. The molecule has 0 bridgehead atoms. The summed E-state index contributed by atoms with van der Waals surface area (Å²) in [6.07, 6.45) is 0. The summed E-state index contributed by atoms with van der Waals surface area (Å²) in [5.74, 6) is 0. The molecule has 15 heavy (non-hydrogen) atoms. The van der Waals surface area contributed by atoms with Crippen molar-refractivity contribution in [3.8, 4) is 6.07 Å². The summed E-state index contributed by atoms with van der Waals surface area (Å²) in [5, 5.41) is 18.5. The number of hydrogen-bond acceptors (Lipinski definition) is 4. The zero-order valence-electron chi connectivity index (χ0n) is 7.65. The third-order valence-corrected chi connectivity index (χ3v) is 2.16. The topological polar surface area (TPSA) is 84.0 Å². The summed E-state index contributed by atoms with van der Waals surface area (Å²) in [7, 11) is 0. The summed E-state index contributed by atoms with van der Waals surface area (Å²) >= 11 is 5.23. The van der Waals surface area contributed by atoms with Gasteiger partial charge in [-0.15, -0.1) is 0 Å². The van der Waals surface area contributed by atoms with E-state index in [0.717, 1.165) is 6.07 Å². The first-order chi connectivity index (χ1) is 6.99. The fraction of sp³-hybridized carbons (Fsp3) is 0.111. The average Bonchev–Trinajstić information content (AvgIpc) is 2.16. The number of nitro groups is 1. The van der Waals surface area contributed by atoms with Gasteiger partial charge in [-0.05, 0) is 24.6 Å². The standard InChI is InChI=1S/C9H5ClN2O3/c1-5-7(4-11)6(9(10)13)2-3-8(5)12(14)15/h2-3H,1H3. The van der Waals surface area contributed by atoms with Gasteiger partial charge in [0.15, 0.2) is 0 Å². The molecule has 0 heterocycles. The van der Waals surface area contributed by atoms with Crippen LogP contribution in [0, 0.1) is 28.4 Å². The van der Waals surface area contributed by atoms with Gasteiger partial charge in [0.25, 0.3) is 10.9 Å². The van der Waals surface area contributed by atoms with Gasteiger partial charge in [-0.25, -0.2) is 0 Å². The molecule has 76 valence electrons. The number of nitriles is 1. The summed E-state index contributed by atoms with van der Waals surface area (Å²) < 4.78 is 0. The summed E-state index contributed by atoms with van der Waals surface area (Å²) in [6, 6.07) is 4.07. The zero-order chi connectivity index (χ0) is 11.6. The molecule has 1 aromatic carbocycles. The van der Waals surface area contributed by atoms with Crippen molar-refractivity contribution in [2.24, 2.45) is 0 Å². The van der Waals surface area contributed by atoms with Gasteiger partial charge in [0.1, 0.15) is 6.07 Å². The first kappa shape index (κ1) is 11.1. The predicted octanol–water partition coefficient (Wildman–Crippen LogP) is 2.15. The fourth-order valence-corrected chi connectivity index (χ4v) is 1.36. The van der Waals surface area contributed by atoms with Crippen LogP contribution in [0.3, 0.4) is 0 Å². The molecule has 5 nitrogen and oxygen atoms in total. The van der Waals surface area contributed by atoms with Crippen molar-refractivity contribution >= 4 is 22.5 Å². The second-order valence-electron chi connectivity index (χ2n) is 2.77. The molecule has 0 N–H and O–H groups in total. The summed E-state index contributed by atoms with van der Waals surface area (Å²) in [6.45, 7) is 1.40. The van der Waals surface area contributed by atoms with Crippen LogP contribution in [0.4, 0.5) is 5.69 Å². The smallest absolute Gasteiger partial charge is 0.273 e. The van der Waals surface area contributed by atoms with E-state index in [-0.39, 0.29) is 22.4 Å². The molecule has 0 aliphatic carbocycles. The number of nitrogens with zero attached hydrogens (tertiary/aromatic N) is 2. The van der Waals surface area contributed by atoms with E-state index < -0.39 is 10.2 Å². The third kappa shape index (κ3) is 1.95. The van der Waals surface area contributed by atoms with Gasteiger partial charge in [-0.2, -0.15) is 5.26 Å². The van der Waals surface area contributed by atoms with E-state index in [1.54, 1.807) is 6.07 Å². The van der Waals surface area contributed by atoms with Gasteiger partial charge in [0.05, 0.1) is 16.1 Å². The van der Waals surface area contributed by atoms with Gasteiger partial charge in [0, 0.05) is 11.6 Å². The highest BCUT2D eigenvalue weighted by Crippen LogP contribution is 2.24. The van der Waals surface area contributed by atoms with Crippen LogP contribution >= 0.6 is 11.6 Å². The molecule has 1 aromatic rings. The van der Waals surface area contributed by atoms with Crippen LogP contribution in [0.1, 0.15) is 21.5 Å². The highest BCUT2D eigenvalue weighted by Gasteiger charge is 2.19. The van der Waals surface area contributed by atoms with Crippen molar-refractivity contribution in [1.29, 1.82) is 5.26 Å². The number of nitro benzene ring substituents is 1. The molecule has 0 atom stereocenters. The lowest BCUT2D eigenvalue weighted by atomic mass is 10.0. The van der Waals surface area contributed by atoms with Crippen LogP contribution < -0.4 is 0 Å². The lowest BCUT2D eigenvalue weighted by molar-refractivity contribution is -0.385. The molecule has 0 aliphatic heterocycles. The molecule has 0 unspecified atom stereocenters. The second kappa shape index (κ2) is 4.07. The molecule has 0 aromatic heterocycles. The minimum Gasteiger partial charge on any atom is -0.276 e. The molecule has 6 heteroatoms.